The van der Waals surface area contributed by atoms with Crippen molar-refractivity contribution in [1.29, 1.82) is 0 Å². The van der Waals surface area contributed by atoms with E-state index in [9.17, 15) is 9.59 Å². The second-order valence-corrected chi connectivity index (χ2v) is 3.75. The first-order valence-electron chi connectivity index (χ1n) is 5.46. The van der Waals surface area contributed by atoms with Crippen molar-refractivity contribution < 1.29 is 19.4 Å². The molecule has 6 heteroatoms. The molecule has 1 atom stereocenters. The first kappa shape index (κ1) is 12.8. The van der Waals surface area contributed by atoms with E-state index < -0.39 is 5.97 Å². The third kappa shape index (κ3) is 3.69. The fraction of sp³-hybridized carbons (Fsp3) is 0.800. The molecule has 16 heavy (non-hydrogen) atoms. The lowest BCUT2D eigenvalue weighted by Gasteiger charge is -2.16. The number of ether oxygens (including phenoxy) is 1. The highest BCUT2D eigenvalue weighted by Gasteiger charge is 2.25. The molecule has 1 heterocycles. The van der Waals surface area contributed by atoms with Gasteiger partial charge in [0.2, 0.25) is 0 Å². The number of hydrogen-bond donors (Lipinski definition) is 2. The number of aliphatic hydroxyl groups excluding tert-OH is 1. The van der Waals surface area contributed by atoms with Crippen LogP contribution in [0.1, 0.15) is 13.3 Å². The first-order chi connectivity index (χ1) is 7.67. The number of esters is 1. The zero-order chi connectivity index (χ0) is 12.0. The molecule has 1 saturated heterocycles. The number of likely N-dealkylation sites (tertiary alicyclic amines) is 1. The molecule has 6 nitrogen and oxygen atoms in total. The van der Waals surface area contributed by atoms with E-state index in [2.05, 4.69) is 10.1 Å². The van der Waals surface area contributed by atoms with Crippen molar-refractivity contribution in [2.24, 2.45) is 5.92 Å². The van der Waals surface area contributed by atoms with Crippen LogP contribution in [-0.4, -0.2) is 54.9 Å². The van der Waals surface area contributed by atoms with Crippen LogP contribution in [0.15, 0.2) is 0 Å². The van der Waals surface area contributed by atoms with Crippen LogP contribution >= 0.6 is 0 Å². The number of hydrogen-bond acceptors (Lipinski definition) is 4. The fourth-order valence-corrected chi connectivity index (χ4v) is 1.64. The quantitative estimate of drug-likeness (QED) is 0.642. The molecule has 0 aromatic heterocycles. The number of urea groups is 1. The third-order valence-electron chi connectivity index (χ3n) is 2.52. The molecule has 0 radical (unpaired) electrons. The summed E-state index contributed by atoms with van der Waals surface area (Å²) < 4.78 is 4.69. The molecule has 1 unspecified atom stereocenters. The van der Waals surface area contributed by atoms with E-state index >= 15 is 0 Å². The van der Waals surface area contributed by atoms with Crippen LogP contribution in [0, 0.1) is 5.92 Å². The summed E-state index contributed by atoms with van der Waals surface area (Å²) in [5.41, 5.74) is 0. The van der Waals surface area contributed by atoms with Gasteiger partial charge >= 0.3 is 12.0 Å². The van der Waals surface area contributed by atoms with Crippen LogP contribution in [0.5, 0.6) is 0 Å². The SMILES string of the molecule is CCOC(=O)CNC(=O)N1CCC(CO)C1. The highest BCUT2D eigenvalue weighted by atomic mass is 16.5. The predicted molar refractivity (Wildman–Crippen MR) is 56.8 cm³/mol. The molecule has 2 amide bonds. The Hall–Kier alpha value is -1.30. The van der Waals surface area contributed by atoms with Gasteiger partial charge in [0.25, 0.3) is 0 Å². The molecule has 1 aliphatic rings. The van der Waals surface area contributed by atoms with Crippen LogP contribution in [-0.2, 0) is 9.53 Å². The van der Waals surface area contributed by atoms with E-state index in [0.29, 0.717) is 19.7 Å². The molecule has 0 aromatic rings. The van der Waals surface area contributed by atoms with Crippen molar-refractivity contribution >= 4 is 12.0 Å². The van der Waals surface area contributed by atoms with Gasteiger partial charge in [-0.15, -0.1) is 0 Å². The zero-order valence-electron chi connectivity index (χ0n) is 9.44. The Morgan fingerprint density at radius 3 is 2.88 bits per heavy atom. The van der Waals surface area contributed by atoms with Crippen molar-refractivity contribution in [3.8, 4) is 0 Å². The third-order valence-corrected chi connectivity index (χ3v) is 2.52. The highest BCUT2D eigenvalue weighted by molar-refractivity contribution is 5.80. The number of amides is 2. The minimum Gasteiger partial charge on any atom is -0.465 e. The molecule has 0 spiro atoms. The molecule has 0 aliphatic carbocycles. The summed E-state index contributed by atoms with van der Waals surface area (Å²) >= 11 is 0. The van der Waals surface area contributed by atoms with Gasteiger partial charge in [-0.3, -0.25) is 4.79 Å². The number of carbonyl (C=O) groups excluding carboxylic acids is 2. The standard InChI is InChI=1S/C10H18N2O4/c1-2-16-9(14)5-11-10(15)12-4-3-8(6-12)7-13/h8,13H,2-7H2,1H3,(H,11,15). The fourth-order valence-electron chi connectivity index (χ4n) is 1.64. The van der Waals surface area contributed by atoms with Gasteiger partial charge in [-0.2, -0.15) is 0 Å². The molecule has 0 saturated carbocycles. The van der Waals surface area contributed by atoms with E-state index in [0.717, 1.165) is 6.42 Å². The number of nitrogens with one attached hydrogen (secondary N) is 1. The maximum Gasteiger partial charge on any atom is 0.325 e. The Bertz CT molecular complexity index is 257. The van der Waals surface area contributed by atoms with E-state index in [1.165, 1.54) is 0 Å². The summed E-state index contributed by atoms with van der Waals surface area (Å²) in [5.74, 6) is -0.276. The Balaban J connectivity index is 2.23. The summed E-state index contributed by atoms with van der Waals surface area (Å²) in [6.07, 6.45) is 0.809. The Kier molecular flexibility index (Phi) is 5.04. The molecule has 1 rings (SSSR count). The number of rotatable bonds is 4. The smallest absolute Gasteiger partial charge is 0.325 e. The highest BCUT2D eigenvalue weighted by Crippen LogP contribution is 2.14. The molecular weight excluding hydrogens is 212 g/mol. The van der Waals surface area contributed by atoms with Crippen LogP contribution in [0.2, 0.25) is 0 Å². The first-order valence-corrected chi connectivity index (χ1v) is 5.46. The largest absolute Gasteiger partial charge is 0.465 e. The van der Waals surface area contributed by atoms with E-state index in [4.69, 9.17) is 5.11 Å². The van der Waals surface area contributed by atoms with Gasteiger partial charge in [0, 0.05) is 25.6 Å². The maximum absolute atomic E-state index is 11.5. The van der Waals surface area contributed by atoms with Crippen LogP contribution < -0.4 is 5.32 Å². The van der Waals surface area contributed by atoms with Crippen LogP contribution in [0.4, 0.5) is 4.79 Å². The lowest BCUT2D eigenvalue weighted by atomic mass is 10.1. The van der Waals surface area contributed by atoms with Crippen molar-refractivity contribution in [2.45, 2.75) is 13.3 Å². The predicted octanol–water partition coefficient (Wildman–Crippen LogP) is -0.427. The Labute approximate surface area is 94.6 Å². The zero-order valence-corrected chi connectivity index (χ0v) is 9.44. The van der Waals surface area contributed by atoms with Crippen molar-refractivity contribution in [2.75, 3.05) is 32.8 Å². The molecule has 1 fully saturated rings. The Morgan fingerprint density at radius 2 is 2.31 bits per heavy atom. The van der Waals surface area contributed by atoms with E-state index in [1.807, 2.05) is 0 Å². The Morgan fingerprint density at radius 1 is 1.56 bits per heavy atom. The lowest BCUT2D eigenvalue weighted by Crippen LogP contribution is -2.41. The van der Waals surface area contributed by atoms with Gasteiger partial charge < -0.3 is 20.1 Å². The van der Waals surface area contributed by atoms with Gasteiger partial charge in [-0.25, -0.2) is 4.79 Å². The minimum absolute atomic E-state index is 0.0989. The van der Waals surface area contributed by atoms with Crippen LogP contribution in [0.3, 0.4) is 0 Å². The van der Waals surface area contributed by atoms with Gasteiger partial charge in [0.1, 0.15) is 6.54 Å². The van der Waals surface area contributed by atoms with E-state index in [1.54, 1.807) is 11.8 Å². The monoisotopic (exact) mass is 230 g/mol. The molecule has 0 bridgehead atoms. The second-order valence-electron chi connectivity index (χ2n) is 3.75. The van der Waals surface area contributed by atoms with Crippen molar-refractivity contribution in [1.82, 2.24) is 10.2 Å². The molecule has 0 aromatic carbocycles. The van der Waals surface area contributed by atoms with Crippen LogP contribution in [0.25, 0.3) is 0 Å². The molecular formula is C10H18N2O4. The lowest BCUT2D eigenvalue weighted by molar-refractivity contribution is -0.141. The van der Waals surface area contributed by atoms with Gasteiger partial charge in [0.15, 0.2) is 0 Å². The topological polar surface area (TPSA) is 78.9 Å². The number of carbonyl (C=O) groups is 2. The molecule has 1 aliphatic heterocycles. The van der Waals surface area contributed by atoms with Crippen molar-refractivity contribution in [3.63, 3.8) is 0 Å². The summed E-state index contributed by atoms with van der Waals surface area (Å²) in [5, 5.41) is 11.4. The normalized spacial score (nSPS) is 19.6. The second kappa shape index (κ2) is 6.32. The summed E-state index contributed by atoms with van der Waals surface area (Å²) in [4.78, 5) is 24.1. The average Bonchev–Trinajstić information content (AvgIpc) is 2.75. The maximum atomic E-state index is 11.5. The van der Waals surface area contributed by atoms with E-state index in [-0.39, 0.29) is 25.1 Å². The summed E-state index contributed by atoms with van der Waals surface area (Å²) in [7, 11) is 0. The number of aliphatic hydroxyl groups is 1. The summed E-state index contributed by atoms with van der Waals surface area (Å²) in [6.45, 7) is 3.19. The molecule has 92 valence electrons. The van der Waals surface area contributed by atoms with Gasteiger partial charge in [-0.05, 0) is 13.3 Å². The number of nitrogens with zero attached hydrogens (tertiary/aromatic N) is 1. The van der Waals surface area contributed by atoms with Gasteiger partial charge in [0.05, 0.1) is 6.61 Å². The average molecular weight is 230 g/mol. The summed E-state index contributed by atoms with van der Waals surface area (Å²) in [6, 6.07) is -0.274. The van der Waals surface area contributed by atoms with Gasteiger partial charge in [-0.1, -0.05) is 0 Å². The molecule has 2 N–H and O–H groups in total. The van der Waals surface area contributed by atoms with Crippen molar-refractivity contribution in [3.05, 3.63) is 0 Å². The minimum atomic E-state index is -0.436.